The van der Waals surface area contributed by atoms with E-state index in [4.69, 9.17) is 14.8 Å². The van der Waals surface area contributed by atoms with Crippen LogP contribution in [-0.4, -0.2) is 77.8 Å². The van der Waals surface area contributed by atoms with Gasteiger partial charge in [-0.3, -0.25) is 13.8 Å². The minimum Gasteiger partial charge on any atom is -0.371 e. The first-order valence-corrected chi connectivity index (χ1v) is 15.2. The molecular formula is C21H31N7O9P2. The van der Waals surface area contributed by atoms with Crippen LogP contribution in [0.5, 0.6) is 0 Å². The van der Waals surface area contributed by atoms with Gasteiger partial charge >= 0.3 is 15.6 Å². The number of nitrogens with zero attached hydrogens (tertiary/aromatic N) is 4. The maximum absolute atomic E-state index is 11.7. The number of imidazole rings is 1. The van der Waals surface area contributed by atoms with E-state index in [1.807, 2.05) is 0 Å². The number of nitrogens with two attached hydrogens (primary N) is 1. The Morgan fingerprint density at radius 1 is 1.28 bits per heavy atom. The van der Waals surface area contributed by atoms with E-state index in [9.17, 15) is 33.5 Å². The summed E-state index contributed by atoms with van der Waals surface area (Å²) in [5, 5.41) is 5.66. The molecule has 4 atom stereocenters. The van der Waals surface area contributed by atoms with Crippen molar-refractivity contribution < 1.29 is 42.5 Å². The molecule has 214 valence electrons. The van der Waals surface area contributed by atoms with Gasteiger partial charge in [0.25, 0.3) is 0 Å². The summed E-state index contributed by atoms with van der Waals surface area (Å²) in [4.78, 5) is 62.3. The number of amides is 1. The fourth-order valence-electron chi connectivity index (χ4n) is 5.11. The molecule has 2 aliphatic rings. The van der Waals surface area contributed by atoms with Crippen molar-refractivity contribution in [1.82, 2.24) is 24.8 Å². The molecule has 2 fully saturated rings. The number of hydrogen-bond acceptors (Lipinski definition) is 10. The van der Waals surface area contributed by atoms with Gasteiger partial charge in [-0.15, -0.1) is 0 Å². The van der Waals surface area contributed by atoms with E-state index in [0.29, 0.717) is 55.8 Å². The van der Waals surface area contributed by atoms with Crippen LogP contribution in [0.2, 0.25) is 0 Å². The van der Waals surface area contributed by atoms with Crippen LogP contribution in [0.4, 0.5) is 5.82 Å². The minimum atomic E-state index is -4.89. The Morgan fingerprint density at radius 2 is 2.05 bits per heavy atom. The number of carbonyl (C=O) groups is 1. The number of nitrogens with one attached hydrogen (secondary N) is 2. The fourth-order valence-corrected chi connectivity index (χ4v) is 6.15. The third-order valence-corrected chi connectivity index (χ3v) is 7.89. The van der Waals surface area contributed by atoms with Gasteiger partial charge in [0.05, 0.1) is 19.0 Å². The molecule has 2 heterocycles. The Kier molecular flexibility index (Phi) is 8.77. The van der Waals surface area contributed by atoms with Crippen molar-refractivity contribution in [3.63, 3.8) is 0 Å². The third kappa shape index (κ3) is 7.01. The zero-order valence-electron chi connectivity index (χ0n) is 21.1. The number of hydrogen-bond donors (Lipinski definition) is 7. The lowest BCUT2D eigenvalue weighted by molar-refractivity contribution is -0.121. The lowest BCUT2D eigenvalue weighted by Crippen LogP contribution is -2.28. The molecule has 4 rings (SSSR count). The largest absolute Gasteiger partial charge is 0.469 e. The van der Waals surface area contributed by atoms with Crippen LogP contribution in [0.15, 0.2) is 6.33 Å². The number of phosphoric acid groups is 2. The maximum atomic E-state index is 11.7. The van der Waals surface area contributed by atoms with Crippen LogP contribution in [-0.2, 0) is 23.0 Å². The van der Waals surface area contributed by atoms with E-state index in [-0.39, 0.29) is 30.1 Å². The zero-order valence-corrected chi connectivity index (χ0v) is 22.8. The summed E-state index contributed by atoms with van der Waals surface area (Å²) in [6, 6.07) is -0.389. The number of aromatic nitrogens is 4. The summed E-state index contributed by atoms with van der Waals surface area (Å²) in [5.74, 6) is 6.16. The smallest absolute Gasteiger partial charge is 0.371 e. The lowest BCUT2D eigenvalue weighted by atomic mass is 10.0. The second kappa shape index (κ2) is 11.6. The minimum absolute atomic E-state index is 0.0961. The number of phosphoric ester groups is 2. The maximum Gasteiger partial charge on any atom is 0.469 e. The molecule has 2 aromatic heterocycles. The molecule has 2 aliphatic carbocycles. The second-order valence-electron chi connectivity index (χ2n) is 9.46. The van der Waals surface area contributed by atoms with Gasteiger partial charge in [0, 0.05) is 44.4 Å². The lowest BCUT2D eigenvalue weighted by Gasteiger charge is -2.24. The summed E-state index contributed by atoms with van der Waals surface area (Å²) < 4.78 is 34.5. The average Bonchev–Trinajstić information content (AvgIpc) is 3.32. The van der Waals surface area contributed by atoms with Crippen molar-refractivity contribution in [2.75, 3.05) is 32.1 Å². The quantitative estimate of drug-likeness (QED) is 0.0982. The predicted octanol–water partition coefficient (Wildman–Crippen LogP) is 0.00300. The van der Waals surface area contributed by atoms with E-state index in [1.165, 1.54) is 6.33 Å². The highest BCUT2D eigenvalue weighted by Gasteiger charge is 2.70. The Balaban J connectivity index is 1.56. The van der Waals surface area contributed by atoms with Crippen molar-refractivity contribution in [3.8, 4) is 11.8 Å². The summed E-state index contributed by atoms with van der Waals surface area (Å²) in [5.41, 5.74) is 5.27. The van der Waals surface area contributed by atoms with Gasteiger partial charge in [0.15, 0.2) is 17.0 Å². The number of rotatable bonds is 12. The van der Waals surface area contributed by atoms with Crippen molar-refractivity contribution in [3.05, 3.63) is 12.2 Å². The number of fused-ring (bicyclic) bond motifs is 2. The monoisotopic (exact) mass is 587 g/mol. The highest BCUT2D eigenvalue weighted by atomic mass is 31.2. The van der Waals surface area contributed by atoms with Gasteiger partial charge in [-0.2, -0.15) is 0 Å². The normalized spacial score (nSPS) is 24.2. The highest BCUT2D eigenvalue weighted by molar-refractivity contribution is 7.46. The second-order valence-corrected chi connectivity index (χ2v) is 11.9. The standard InChI is InChI=1S/C21H31N7O9P2/c1-23-19-18-20(27-16(26-19)5-3-2-4-6-17(29)24-8-7-22)28(12-25-18)14-9-15(37-39(33,34)35)21(10-13(14)21)11-36-38(30,31)32/h12-15H,2,4,6-11,22H2,1H3,(H,24,29)(H,23,26,27)(H2,30,31,32)(H2,33,34,35)/t13-,14?,15?,21+/m0/s1. The Morgan fingerprint density at radius 3 is 2.72 bits per heavy atom. The highest BCUT2D eigenvalue weighted by Crippen LogP contribution is 2.71. The van der Waals surface area contributed by atoms with Gasteiger partial charge in [-0.1, -0.05) is 5.92 Å². The Hall–Kier alpha value is -2.44. The van der Waals surface area contributed by atoms with Crippen molar-refractivity contribution in [2.24, 2.45) is 17.1 Å². The van der Waals surface area contributed by atoms with E-state index in [1.54, 1.807) is 11.6 Å². The SMILES string of the molecule is CNc1nc(C#CCCCC(=O)NCCN)nc2c1ncn2C1CC(OP(=O)(O)O)[C@@]2(COP(=O)(O)O)C[C@@H]12. The van der Waals surface area contributed by atoms with Crippen LogP contribution in [0.25, 0.3) is 11.2 Å². The van der Waals surface area contributed by atoms with E-state index in [0.717, 1.165) is 0 Å². The van der Waals surface area contributed by atoms with Crippen molar-refractivity contribution >= 4 is 38.5 Å². The molecule has 0 saturated heterocycles. The molecule has 8 N–H and O–H groups in total. The van der Waals surface area contributed by atoms with E-state index < -0.39 is 33.8 Å². The Bertz CT molecular complexity index is 1380. The molecule has 0 spiro atoms. The van der Waals surface area contributed by atoms with Crippen molar-refractivity contribution in [1.29, 1.82) is 0 Å². The predicted molar refractivity (Wildman–Crippen MR) is 137 cm³/mol. The number of anilines is 1. The molecular weight excluding hydrogens is 556 g/mol. The van der Waals surface area contributed by atoms with E-state index >= 15 is 0 Å². The molecule has 2 unspecified atom stereocenters. The first kappa shape index (κ1) is 29.5. The van der Waals surface area contributed by atoms with Crippen LogP contribution in [0.1, 0.15) is 44.0 Å². The summed E-state index contributed by atoms with van der Waals surface area (Å²) in [7, 11) is -8.04. The summed E-state index contributed by atoms with van der Waals surface area (Å²) in [6.07, 6.45) is 2.34. The van der Waals surface area contributed by atoms with Crippen LogP contribution < -0.4 is 16.4 Å². The van der Waals surface area contributed by atoms with Gasteiger partial charge < -0.3 is 40.5 Å². The molecule has 0 radical (unpaired) electrons. The first-order chi connectivity index (χ1) is 18.4. The molecule has 0 aromatic carbocycles. The molecule has 2 saturated carbocycles. The zero-order chi connectivity index (χ0) is 28.4. The molecule has 0 bridgehead atoms. The summed E-state index contributed by atoms with van der Waals surface area (Å²) in [6.45, 7) is 0.370. The molecule has 2 aromatic rings. The van der Waals surface area contributed by atoms with Gasteiger partial charge in [-0.25, -0.2) is 24.1 Å². The van der Waals surface area contributed by atoms with E-state index in [2.05, 4.69) is 37.4 Å². The van der Waals surface area contributed by atoms with Crippen LogP contribution in [0, 0.1) is 23.2 Å². The molecule has 16 nitrogen and oxygen atoms in total. The Labute approximate surface area is 223 Å². The fraction of sp³-hybridized carbons (Fsp3) is 0.619. The topological polar surface area (TPSA) is 244 Å². The average molecular weight is 587 g/mol. The van der Waals surface area contributed by atoms with Gasteiger partial charge in [0.1, 0.15) is 0 Å². The number of carbonyl (C=O) groups excluding carboxylic acids is 1. The van der Waals surface area contributed by atoms with Gasteiger partial charge in [-0.05, 0) is 31.1 Å². The number of unbranched alkanes of at least 4 members (excludes halogenated alkanes) is 1. The molecule has 39 heavy (non-hydrogen) atoms. The summed E-state index contributed by atoms with van der Waals surface area (Å²) >= 11 is 0. The molecule has 18 heteroatoms. The van der Waals surface area contributed by atoms with Crippen molar-refractivity contribution in [2.45, 2.75) is 44.2 Å². The first-order valence-electron chi connectivity index (χ1n) is 12.2. The van der Waals surface area contributed by atoms with Crippen LogP contribution in [0.3, 0.4) is 0 Å². The van der Waals surface area contributed by atoms with Gasteiger partial charge in [0.2, 0.25) is 11.7 Å². The molecule has 1 amide bonds. The van der Waals surface area contributed by atoms with Crippen LogP contribution >= 0.6 is 15.6 Å². The third-order valence-electron chi connectivity index (χ3n) is 6.89. The molecule has 0 aliphatic heterocycles.